The number of hydrogen-bond acceptors (Lipinski definition) is 4. The minimum Gasteiger partial charge on any atom is -0.396 e. The van der Waals surface area contributed by atoms with Crippen LogP contribution in [-0.2, 0) is 9.47 Å². The molecule has 25 heavy (non-hydrogen) atoms. The van der Waals surface area contributed by atoms with Crippen molar-refractivity contribution in [1.29, 1.82) is 0 Å². The van der Waals surface area contributed by atoms with E-state index in [0.717, 1.165) is 11.1 Å². The molecule has 4 rings (SSSR count). The van der Waals surface area contributed by atoms with Crippen LogP contribution in [0.5, 0.6) is 0 Å². The Bertz CT molecular complexity index is 678. The second-order valence-corrected chi connectivity index (χ2v) is 7.41. The van der Waals surface area contributed by atoms with Gasteiger partial charge in [-0.1, -0.05) is 47.5 Å². The van der Waals surface area contributed by atoms with E-state index in [4.69, 9.17) is 32.7 Å². The number of aliphatic hydroxyl groups is 1. The van der Waals surface area contributed by atoms with Gasteiger partial charge in [0.05, 0.1) is 18.8 Å². The number of benzene rings is 2. The highest BCUT2D eigenvalue weighted by Crippen LogP contribution is 2.50. The molecule has 4 nitrogen and oxygen atoms in total. The highest BCUT2D eigenvalue weighted by molar-refractivity contribution is 6.30. The fraction of sp³-hybridized carbons (Fsp3) is 0.368. The predicted octanol–water partition coefficient (Wildman–Crippen LogP) is 4.17. The molecule has 0 bridgehead atoms. The number of hydrogen-bond donors (Lipinski definition) is 1. The summed E-state index contributed by atoms with van der Waals surface area (Å²) in [5.74, 6) is 0. The van der Waals surface area contributed by atoms with Gasteiger partial charge in [-0.05, 0) is 41.8 Å². The molecule has 6 heteroatoms. The Hall–Kier alpha value is -1.14. The second-order valence-electron chi connectivity index (χ2n) is 6.54. The molecule has 3 atom stereocenters. The molecule has 2 heterocycles. The topological polar surface area (TPSA) is 41.9 Å². The summed E-state index contributed by atoms with van der Waals surface area (Å²) in [6, 6.07) is 15.3. The summed E-state index contributed by atoms with van der Waals surface area (Å²) >= 11 is 12.0. The van der Waals surface area contributed by atoms with Crippen LogP contribution in [0.2, 0.25) is 10.0 Å². The SMILES string of the molecule is OCCC12CO[C@H](c3ccc(Cl)cc3)N1[C@H](c1ccc(Cl)cc1)OC2. The summed E-state index contributed by atoms with van der Waals surface area (Å²) in [6.45, 7) is 1.12. The molecule has 0 amide bonds. The fourth-order valence-electron chi connectivity index (χ4n) is 3.69. The van der Waals surface area contributed by atoms with Gasteiger partial charge in [0.25, 0.3) is 0 Å². The molecule has 132 valence electrons. The molecular weight excluding hydrogens is 361 g/mol. The number of rotatable bonds is 4. The Morgan fingerprint density at radius 1 is 0.880 bits per heavy atom. The van der Waals surface area contributed by atoms with Crippen LogP contribution in [0, 0.1) is 0 Å². The van der Waals surface area contributed by atoms with E-state index in [1.807, 2.05) is 48.5 Å². The Labute approximate surface area is 156 Å². The molecule has 0 aromatic heterocycles. The van der Waals surface area contributed by atoms with E-state index in [2.05, 4.69) is 4.90 Å². The van der Waals surface area contributed by atoms with Gasteiger partial charge in [-0.25, -0.2) is 4.90 Å². The first-order valence-corrected chi connectivity index (χ1v) is 9.02. The molecule has 2 aliphatic heterocycles. The molecule has 2 aliphatic rings. The lowest BCUT2D eigenvalue weighted by atomic mass is 9.96. The molecule has 2 aromatic carbocycles. The van der Waals surface area contributed by atoms with E-state index < -0.39 is 0 Å². The van der Waals surface area contributed by atoms with E-state index in [1.165, 1.54) is 0 Å². The lowest BCUT2D eigenvalue weighted by Crippen LogP contribution is -2.45. The van der Waals surface area contributed by atoms with E-state index in [-0.39, 0.29) is 24.6 Å². The standard InChI is InChI=1S/C19H19Cl2NO3/c20-15-5-1-13(2-6-15)17-22-18(14-3-7-16(21)8-4-14)25-12-19(22,9-10-23)11-24-17/h1-8,17-18,23H,9-12H2/t17-,18+,19?. The van der Waals surface area contributed by atoms with Gasteiger partial charge in [0, 0.05) is 16.7 Å². The van der Waals surface area contributed by atoms with Gasteiger partial charge in [-0.15, -0.1) is 0 Å². The molecule has 0 saturated carbocycles. The van der Waals surface area contributed by atoms with Gasteiger partial charge in [0.2, 0.25) is 0 Å². The van der Waals surface area contributed by atoms with Crippen LogP contribution in [0.1, 0.15) is 30.0 Å². The molecule has 0 aliphatic carbocycles. The minimum absolute atomic E-state index is 0.0872. The first-order valence-electron chi connectivity index (χ1n) is 8.26. The van der Waals surface area contributed by atoms with Gasteiger partial charge in [-0.2, -0.15) is 0 Å². The lowest BCUT2D eigenvalue weighted by molar-refractivity contribution is -0.0623. The third-order valence-electron chi connectivity index (χ3n) is 4.96. The quantitative estimate of drug-likeness (QED) is 0.865. The van der Waals surface area contributed by atoms with Crippen LogP contribution in [0.25, 0.3) is 0 Å². The molecule has 2 saturated heterocycles. The molecule has 0 spiro atoms. The van der Waals surface area contributed by atoms with Crippen LogP contribution < -0.4 is 0 Å². The highest BCUT2D eigenvalue weighted by Gasteiger charge is 2.56. The molecule has 2 aromatic rings. The van der Waals surface area contributed by atoms with Crippen molar-refractivity contribution < 1.29 is 14.6 Å². The van der Waals surface area contributed by atoms with Crippen molar-refractivity contribution in [2.45, 2.75) is 24.4 Å². The van der Waals surface area contributed by atoms with Crippen molar-refractivity contribution in [3.63, 3.8) is 0 Å². The zero-order valence-electron chi connectivity index (χ0n) is 13.6. The number of nitrogens with zero attached hydrogens (tertiary/aromatic N) is 1. The highest BCUT2D eigenvalue weighted by atomic mass is 35.5. The van der Waals surface area contributed by atoms with Crippen molar-refractivity contribution >= 4 is 23.2 Å². The van der Waals surface area contributed by atoms with Gasteiger partial charge in [-0.3, -0.25) is 0 Å². The Morgan fingerprint density at radius 2 is 1.32 bits per heavy atom. The van der Waals surface area contributed by atoms with Crippen LogP contribution >= 0.6 is 23.2 Å². The van der Waals surface area contributed by atoms with E-state index in [0.29, 0.717) is 29.7 Å². The third kappa shape index (κ3) is 3.08. The van der Waals surface area contributed by atoms with Crippen LogP contribution in [0.15, 0.2) is 48.5 Å². The monoisotopic (exact) mass is 379 g/mol. The van der Waals surface area contributed by atoms with Crippen molar-refractivity contribution in [1.82, 2.24) is 4.90 Å². The zero-order chi connectivity index (χ0) is 17.4. The summed E-state index contributed by atoms with van der Waals surface area (Å²) in [5.41, 5.74) is 1.71. The molecule has 1 unspecified atom stereocenters. The summed E-state index contributed by atoms with van der Waals surface area (Å²) in [5, 5.41) is 11.0. The maximum atomic E-state index is 9.58. The minimum atomic E-state index is -0.330. The molecular formula is C19H19Cl2NO3. The fourth-order valence-corrected chi connectivity index (χ4v) is 3.94. The van der Waals surface area contributed by atoms with E-state index in [9.17, 15) is 5.11 Å². The average Bonchev–Trinajstić information content (AvgIpc) is 3.14. The lowest BCUT2D eigenvalue weighted by Gasteiger charge is -2.34. The smallest absolute Gasteiger partial charge is 0.139 e. The van der Waals surface area contributed by atoms with Crippen molar-refractivity contribution in [3.05, 3.63) is 69.7 Å². The number of halogens is 2. The maximum absolute atomic E-state index is 9.58. The largest absolute Gasteiger partial charge is 0.396 e. The maximum Gasteiger partial charge on any atom is 0.139 e. The predicted molar refractivity (Wildman–Crippen MR) is 96.6 cm³/mol. The number of fused-ring (bicyclic) bond motifs is 1. The van der Waals surface area contributed by atoms with E-state index in [1.54, 1.807) is 0 Å². The van der Waals surface area contributed by atoms with Gasteiger partial charge >= 0.3 is 0 Å². The first-order chi connectivity index (χ1) is 12.1. The number of ether oxygens (including phenoxy) is 2. The van der Waals surface area contributed by atoms with Crippen molar-refractivity contribution in [2.75, 3.05) is 19.8 Å². The Kier molecular flexibility index (Phi) is 4.75. The molecule has 0 radical (unpaired) electrons. The van der Waals surface area contributed by atoms with Gasteiger partial charge < -0.3 is 14.6 Å². The van der Waals surface area contributed by atoms with Crippen molar-refractivity contribution in [3.8, 4) is 0 Å². The average molecular weight is 380 g/mol. The zero-order valence-corrected chi connectivity index (χ0v) is 15.1. The van der Waals surface area contributed by atoms with Gasteiger partial charge in [0.15, 0.2) is 0 Å². The summed E-state index contributed by atoms with van der Waals surface area (Å²) < 4.78 is 12.3. The normalized spacial score (nSPS) is 29.1. The Morgan fingerprint density at radius 3 is 1.72 bits per heavy atom. The number of aliphatic hydroxyl groups excluding tert-OH is 1. The van der Waals surface area contributed by atoms with E-state index >= 15 is 0 Å². The van der Waals surface area contributed by atoms with Gasteiger partial charge in [0.1, 0.15) is 12.5 Å². The second kappa shape index (κ2) is 6.88. The van der Waals surface area contributed by atoms with Crippen molar-refractivity contribution in [2.24, 2.45) is 0 Å². The summed E-state index contributed by atoms with van der Waals surface area (Å²) in [7, 11) is 0. The molecule has 2 fully saturated rings. The summed E-state index contributed by atoms with van der Waals surface area (Å²) in [4.78, 5) is 2.23. The summed E-state index contributed by atoms with van der Waals surface area (Å²) in [6.07, 6.45) is 0.111. The van der Waals surface area contributed by atoms with Crippen LogP contribution in [-0.4, -0.2) is 35.4 Å². The first kappa shape index (κ1) is 17.3. The van der Waals surface area contributed by atoms with Crippen LogP contribution in [0.3, 0.4) is 0 Å². The third-order valence-corrected chi connectivity index (χ3v) is 5.46. The Balaban J connectivity index is 1.72. The molecule has 1 N–H and O–H groups in total. The van der Waals surface area contributed by atoms with Crippen LogP contribution in [0.4, 0.5) is 0 Å².